The van der Waals surface area contributed by atoms with E-state index < -0.39 is 0 Å². The van der Waals surface area contributed by atoms with Gasteiger partial charge in [-0.2, -0.15) is 0 Å². The number of hydrogen-bond acceptors (Lipinski definition) is 5. The normalized spacial score (nSPS) is 10.8. The highest BCUT2D eigenvalue weighted by Crippen LogP contribution is 2.19. The number of rotatable bonds is 2. The molecule has 0 bridgehead atoms. The van der Waals surface area contributed by atoms with Crippen LogP contribution in [0, 0.1) is 6.07 Å². The first-order chi connectivity index (χ1) is 9.20. The molecule has 3 aromatic rings. The van der Waals surface area contributed by atoms with Gasteiger partial charge >= 0.3 is 5.69 Å². The molecular formula is C12H10N5O2. The number of fused-ring (bicyclic) bond motifs is 1. The molecule has 2 heterocycles. The van der Waals surface area contributed by atoms with Gasteiger partial charge in [0.15, 0.2) is 11.5 Å². The van der Waals surface area contributed by atoms with Gasteiger partial charge < -0.3 is 15.5 Å². The quantitative estimate of drug-likeness (QED) is 0.695. The first-order valence-corrected chi connectivity index (χ1v) is 5.47. The maximum atomic E-state index is 12.0. The molecule has 0 unspecified atom stereocenters. The lowest BCUT2D eigenvalue weighted by molar-refractivity contribution is 0.414. The Labute approximate surface area is 107 Å². The summed E-state index contributed by atoms with van der Waals surface area (Å²) in [5.74, 6) is 0.827. The number of methoxy groups -OCH3 is 1. The molecule has 0 saturated heterocycles. The van der Waals surface area contributed by atoms with Crippen molar-refractivity contribution < 1.29 is 4.74 Å². The van der Waals surface area contributed by atoms with Crippen LogP contribution in [0.1, 0.15) is 0 Å². The van der Waals surface area contributed by atoms with Crippen LogP contribution in [0.5, 0.6) is 5.75 Å². The monoisotopic (exact) mass is 256 g/mol. The fourth-order valence-corrected chi connectivity index (χ4v) is 1.86. The van der Waals surface area contributed by atoms with E-state index in [1.165, 1.54) is 10.9 Å². The fourth-order valence-electron chi connectivity index (χ4n) is 1.86. The molecule has 1 radical (unpaired) electrons. The highest BCUT2D eigenvalue weighted by Gasteiger charge is 2.12. The predicted molar refractivity (Wildman–Crippen MR) is 69.3 cm³/mol. The maximum absolute atomic E-state index is 12.0. The molecule has 0 spiro atoms. The summed E-state index contributed by atoms with van der Waals surface area (Å²) in [4.78, 5) is 22.6. The van der Waals surface area contributed by atoms with Crippen molar-refractivity contribution in [2.45, 2.75) is 0 Å². The van der Waals surface area contributed by atoms with Crippen molar-refractivity contribution in [1.29, 1.82) is 0 Å². The molecule has 0 aliphatic heterocycles. The molecule has 0 saturated carbocycles. The molecule has 95 valence electrons. The summed E-state index contributed by atoms with van der Waals surface area (Å²) in [6.07, 6.45) is 1.31. The Morgan fingerprint density at radius 3 is 3.05 bits per heavy atom. The lowest BCUT2D eigenvalue weighted by atomic mass is 10.3. The van der Waals surface area contributed by atoms with Gasteiger partial charge in [0.05, 0.1) is 12.8 Å². The lowest BCUT2D eigenvalue weighted by Crippen LogP contribution is -2.14. The smallest absolute Gasteiger partial charge is 0.332 e. The van der Waals surface area contributed by atoms with E-state index in [0.29, 0.717) is 22.6 Å². The van der Waals surface area contributed by atoms with E-state index >= 15 is 0 Å². The number of nitrogens with zero attached hydrogens (tertiary/aromatic N) is 3. The third kappa shape index (κ3) is 1.71. The molecule has 0 fully saturated rings. The van der Waals surface area contributed by atoms with Crippen LogP contribution in [-0.2, 0) is 0 Å². The molecule has 3 N–H and O–H groups in total. The van der Waals surface area contributed by atoms with Gasteiger partial charge in [-0.1, -0.05) is 0 Å². The Balaban J connectivity index is 2.33. The van der Waals surface area contributed by atoms with Gasteiger partial charge in [-0.3, -0.25) is 0 Å². The third-order valence-corrected chi connectivity index (χ3v) is 2.74. The number of nitrogens with one attached hydrogen (secondary N) is 1. The average molecular weight is 256 g/mol. The Kier molecular flexibility index (Phi) is 2.45. The first kappa shape index (κ1) is 11.3. The summed E-state index contributed by atoms with van der Waals surface area (Å²) < 4.78 is 6.51. The van der Waals surface area contributed by atoms with Crippen LogP contribution in [0.3, 0.4) is 0 Å². The number of anilines is 1. The summed E-state index contributed by atoms with van der Waals surface area (Å²) in [6, 6.07) is 7.95. The van der Waals surface area contributed by atoms with E-state index in [1.807, 2.05) is 0 Å². The largest absolute Gasteiger partial charge is 0.497 e. The molecule has 2 aromatic heterocycles. The van der Waals surface area contributed by atoms with Crippen molar-refractivity contribution in [1.82, 2.24) is 19.5 Å². The SMILES string of the molecule is COc1c[c]cc(-n2c(=O)[nH]c3c(N)ncnc32)c1. The van der Waals surface area contributed by atoms with Crippen molar-refractivity contribution in [2.75, 3.05) is 12.8 Å². The predicted octanol–water partition coefficient (Wildman–Crippen LogP) is 0.500. The minimum Gasteiger partial charge on any atom is -0.497 e. The van der Waals surface area contributed by atoms with Crippen molar-refractivity contribution in [3.05, 3.63) is 41.1 Å². The van der Waals surface area contributed by atoms with Crippen molar-refractivity contribution in [3.63, 3.8) is 0 Å². The topological polar surface area (TPSA) is 98.8 Å². The van der Waals surface area contributed by atoms with Crippen molar-refractivity contribution in [2.24, 2.45) is 0 Å². The summed E-state index contributed by atoms with van der Waals surface area (Å²) in [6.45, 7) is 0. The molecule has 7 nitrogen and oxygen atoms in total. The van der Waals surface area contributed by atoms with Gasteiger partial charge in [0.2, 0.25) is 0 Å². The third-order valence-electron chi connectivity index (χ3n) is 2.74. The minimum atomic E-state index is -0.344. The standard InChI is InChI=1S/C12H10N5O2/c1-19-8-4-2-3-7(5-8)17-11-9(16-12(17)18)10(13)14-6-15-11/h3-6H,1H3,(H,16,18)(H2,13,14,15). The van der Waals surface area contributed by atoms with Crippen LogP contribution in [0.2, 0.25) is 0 Å². The molecule has 0 aliphatic rings. The average Bonchev–Trinajstić information content (AvgIpc) is 2.77. The number of aromatic nitrogens is 4. The van der Waals surface area contributed by atoms with Gasteiger partial charge in [0, 0.05) is 6.07 Å². The van der Waals surface area contributed by atoms with Gasteiger partial charge in [0.1, 0.15) is 17.6 Å². The van der Waals surface area contributed by atoms with Crippen LogP contribution in [-0.4, -0.2) is 26.6 Å². The Morgan fingerprint density at radius 2 is 2.26 bits per heavy atom. The number of hydrogen-bond donors (Lipinski definition) is 2. The van der Waals surface area contributed by atoms with Gasteiger partial charge in [0.25, 0.3) is 0 Å². The molecule has 19 heavy (non-hydrogen) atoms. The summed E-state index contributed by atoms with van der Waals surface area (Å²) in [5.41, 5.74) is 6.78. The highest BCUT2D eigenvalue weighted by atomic mass is 16.5. The highest BCUT2D eigenvalue weighted by molar-refractivity contribution is 5.82. The van der Waals surface area contributed by atoms with Crippen LogP contribution in [0.25, 0.3) is 16.9 Å². The second-order valence-electron chi connectivity index (χ2n) is 3.85. The molecule has 0 amide bonds. The van der Waals surface area contributed by atoms with E-state index in [2.05, 4.69) is 21.0 Å². The van der Waals surface area contributed by atoms with E-state index in [-0.39, 0.29) is 11.5 Å². The zero-order chi connectivity index (χ0) is 13.4. The molecule has 0 atom stereocenters. The Hall–Kier alpha value is -2.83. The van der Waals surface area contributed by atoms with Crippen molar-refractivity contribution >= 4 is 17.0 Å². The fraction of sp³-hybridized carbons (Fsp3) is 0.0833. The summed E-state index contributed by atoms with van der Waals surface area (Å²) >= 11 is 0. The minimum absolute atomic E-state index is 0.229. The Bertz CT molecular complexity index is 805. The second kappa shape index (κ2) is 4.13. The molecule has 0 aliphatic carbocycles. The molecule has 1 aromatic carbocycles. The maximum Gasteiger partial charge on any atom is 0.332 e. The first-order valence-electron chi connectivity index (χ1n) is 5.47. The van der Waals surface area contributed by atoms with Gasteiger partial charge in [-0.25, -0.2) is 19.3 Å². The van der Waals surface area contributed by atoms with E-state index in [9.17, 15) is 4.79 Å². The molecule has 7 heteroatoms. The van der Waals surface area contributed by atoms with Crippen LogP contribution in [0.15, 0.2) is 29.3 Å². The van der Waals surface area contributed by atoms with E-state index in [0.717, 1.165) is 0 Å². The second-order valence-corrected chi connectivity index (χ2v) is 3.85. The molecular weight excluding hydrogens is 246 g/mol. The summed E-state index contributed by atoms with van der Waals surface area (Å²) in [7, 11) is 1.55. The summed E-state index contributed by atoms with van der Waals surface area (Å²) in [5, 5.41) is 0. The van der Waals surface area contributed by atoms with Gasteiger partial charge in [-0.05, 0) is 18.2 Å². The number of imidazole rings is 1. The number of benzene rings is 1. The number of nitrogen functional groups attached to an aromatic ring is 1. The van der Waals surface area contributed by atoms with Crippen LogP contribution < -0.4 is 16.2 Å². The number of ether oxygens (including phenoxy) is 1. The van der Waals surface area contributed by atoms with Crippen LogP contribution >= 0.6 is 0 Å². The lowest BCUT2D eigenvalue weighted by Gasteiger charge is -2.04. The number of H-pyrrole nitrogens is 1. The zero-order valence-electron chi connectivity index (χ0n) is 10.0. The zero-order valence-corrected chi connectivity index (χ0v) is 10.0. The Morgan fingerprint density at radius 1 is 1.42 bits per heavy atom. The van der Waals surface area contributed by atoms with Crippen LogP contribution in [0.4, 0.5) is 5.82 Å². The van der Waals surface area contributed by atoms with E-state index in [4.69, 9.17) is 10.5 Å². The number of nitrogens with two attached hydrogens (primary N) is 1. The van der Waals surface area contributed by atoms with E-state index in [1.54, 1.807) is 25.3 Å². The van der Waals surface area contributed by atoms with Gasteiger partial charge in [-0.15, -0.1) is 0 Å². The van der Waals surface area contributed by atoms with Crippen molar-refractivity contribution in [3.8, 4) is 11.4 Å². The number of aromatic amines is 1. The molecule has 3 rings (SSSR count).